The van der Waals surface area contributed by atoms with Crippen LogP contribution in [-0.2, 0) is 19.0 Å². The monoisotopic (exact) mass is 934 g/mol. The summed E-state index contributed by atoms with van der Waals surface area (Å²) < 4.78 is 18.3. The fourth-order valence-electron chi connectivity index (χ4n) is 8.51. The Labute approximate surface area is 401 Å². The quantitative estimate of drug-likeness (QED) is 0.0296. The van der Waals surface area contributed by atoms with Crippen LogP contribution < -0.4 is 22.1 Å². The molecule has 2 amide bonds. The van der Waals surface area contributed by atoms with E-state index in [1.54, 1.807) is 0 Å². The van der Waals surface area contributed by atoms with Gasteiger partial charge in [-0.3, -0.25) is 9.79 Å². The molecule has 12 heteroatoms. The van der Waals surface area contributed by atoms with Gasteiger partial charge < -0.3 is 36.3 Å². The van der Waals surface area contributed by atoms with Crippen LogP contribution in [0.15, 0.2) is 53.5 Å². The lowest BCUT2D eigenvalue weighted by molar-refractivity contribution is -0.124. The van der Waals surface area contributed by atoms with E-state index in [2.05, 4.69) is 53.7 Å². The van der Waals surface area contributed by atoms with Gasteiger partial charge in [0.15, 0.2) is 5.96 Å². The average molecular weight is 935 g/mol. The van der Waals surface area contributed by atoms with Crippen molar-refractivity contribution >= 4 is 42.8 Å². The van der Waals surface area contributed by atoms with Crippen molar-refractivity contribution in [2.45, 2.75) is 199 Å². The minimum absolute atomic E-state index is 0. The molecule has 0 radical (unpaired) electrons. The van der Waals surface area contributed by atoms with Crippen molar-refractivity contribution in [3.63, 3.8) is 0 Å². The molecule has 2 aromatic rings. The lowest BCUT2D eigenvalue weighted by Gasteiger charge is -2.22. The second-order valence-electron chi connectivity index (χ2n) is 17.6. The molecule has 2 atom stereocenters. The maximum absolute atomic E-state index is 13.7. The van der Waals surface area contributed by atoms with Crippen LogP contribution in [0.1, 0.15) is 198 Å². The molecule has 1 aliphatic carbocycles. The largest absolute Gasteiger partial charge is 0.449 e. The summed E-state index contributed by atoms with van der Waals surface area (Å²) in [6.07, 6.45) is 31.0. The fourth-order valence-corrected chi connectivity index (χ4v) is 8.51. The van der Waals surface area contributed by atoms with Crippen molar-refractivity contribution in [2.75, 3.05) is 39.5 Å². The SMILES string of the molecule is CCCCCCCCCCCCCCOCC(CNC(=O)[C@H](CCCN=C(N)N)NC(=O)OCC1c2ccccc2-c2ccccc21)OCCCCCCCCCCCCCC.Cl.Cl. The molecule has 3 rings (SSSR count). The van der Waals surface area contributed by atoms with Crippen molar-refractivity contribution in [3.05, 3.63) is 59.7 Å². The second-order valence-corrected chi connectivity index (χ2v) is 17.6. The van der Waals surface area contributed by atoms with Gasteiger partial charge in [-0.2, -0.15) is 0 Å². The number of aliphatic imine (C=N–C) groups is 1. The third kappa shape index (κ3) is 26.2. The number of halogens is 2. The van der Waals surface area contributed by atoms with E-state index in [-0.39, 0.29) is 61.9 Å². The number of fused-ring (bicyclic) bond motifs is 3. The number of hydrogen-bond acceptors (Lipinski definition) is 6. The highest BCUT2D eigenvalue weighted by Gasteiger charge is 2.30. The number of nitrogens with zero attached hydrogens (tertiary/aromatic N) is 1. The van der Waals surface area contributed by atoms with E-state index in [0.717, 1.165) is 41.5 Å². The second kappa shape index (κ2) is 39.1. The van der Waals surface area contributed by atoms with Crippen LogP contribution in [0.2, 0.25) is 0 Å². The minimum atomic E-state index is -0.834. The summed E-state index contributed by atoms with van der Waals surface area (Å²) in [6.45, 7) is 7.04. The molecule has 0 fully saturated rings. The van der Waals surface area contributed by atoms with Gasteiger partial charge in [-0.25, -0.2) is 4.79 Å². The number of carbonyl (C=O) groups is 2. The molecule has 0 heterocycles. The Balaban J connectivity index is 0.0000102. The van der Waals surface area contributed by atoms with Crippen molar-refractivity contribution in [3.8, 4) is 11.1 Å². The highest BCUT2D eigenvalue weighted by Crippen LogP contribution is 2.44. The molecule has 2 aromatic carbocycles. The Bertz CT molecular complexity index is 1450. The number of ether oxygens (including phenoxy) is 3. The third-order valence-corrected chi connectivity index (χ3v) is 12.2. The lowest BCUT2D eigenvalue weighted by atomic mass is 9.98. The van der Waals surface area contributed by atoms with Crippen LogP contribution in [-0.4, -0.2) is 69.6 Å². The van der Waals surface area contributed by atoms with Crippen molar-refractivity contribution in [1.82, 2.24) is 10.6 Å². The van der Waals surface area contributed by atoms with Gasteiger partial charge in [-0.05, 0) is 47.9 Å². The molecule has 0 aliphatic heterocycles. The summed E-state index contributed by atoms with van der Waals surface area (Å²) in [4.78, 5) is 31.1. The van der Waals surface area contributed by atoms with Gasteiger partial charge in [0, 0.05) is 32.2 Å². The minimum Gasteiger partial charge on any atom is -0.449 e. The molecule has 64 heavy (non-hydrogen) atoms. The van der Waals surface area contributed by atoms with E-state index in [4.69, 9.17) is 25.7 Å². The predicted octanol–water partition coefficient (Wildman–Crippen LogP) is 12.7. The summed E-state index contributed by atoms with van der Waals surface area (Å²) in [5.74, 6) is -0.393. The van der Waals surface area contributed by atoms with Crippen molar-refractivity contribution in [2.24, 2.45) is 16.5 Å². The molecule has 1 aliphatic rings. The lowest BCUT2D eigenvalue weighted by Crippen LogP contribution is -2.49. The Morgan fingerprint density at radius 3 is 1.56 bits per heavy atom. The number of nitrogens with two attached hydrogens (primary N) is 2. The number of nitrogens with one attached hydrogen (secondary N) is 2. The van der Waals surface area contributed by atoms with E-state index in [0.29, 0.717) is 39.2 Å². The fraction of sp³-hybridized carbons (Fsp3) is 0.712. The summed E-state index contributed by atoms with van der Waals surface area (Å²) >= 11 is 0. The zero-order valence-electron chi connectivity index (χ0n) is 39.9. The zero-order valence-corrected chi connectivity index (χ0v) is 41.6. The standard InChI is InChI=1S/C52H87N5O5.2ClH/c1-3-5-7-9-11-13-15-17-19-21-23-29-38-60-41-43(61-39-30-24-22-20-18-16-14-12-10-8-6-4-2)40-56-50(58)49(36-31-37-55-51(53)54)57-52(59)62-42-48-46-34-27-25-32-44(46)45-33-26-28-35-47(45)48;;/h25-28,32-35,43,48-49H,3-24,29-31,36-42H2,1-2H3,(H,56,58)(H,57,59)(H4,53,54,55);2*1H/t43?,49-;;/m0../s1. The summed E-state index contributed by atoms with van der Waals surface area (Å²) in [5.41, 5.74) is 15.7. The topological polar surface area (TPSA) is 150 Å². The van der Waals surface area contributed by atoms with Gasteiger partial charge >= 0.3 is 6.09 Å². The van der Waals surface area contributed by atoms with Crippen LogP contribution in [0.4, 0.5) is 4.79 Å². The first-order valence-electron chi connectivity index (χ1n) is 25.1. The maximum atomic E-state index is 13.7. The van der Waals surface area contributed by atoms with Crippen LogP contribution >= 0.6 is 24.8 Å². The normalized spacial score (nSPS) is 12.6. The number of hydrogen-bond donors (Lipinski definition) is 4. The first kappa shape index (κ1) is 59.0. The van der Waals surface area contributed by atoms with Gasteiger partial charge in [0.2, 0.25) is 5.91 Å². The van der Waals surface area contributed by atoms with E-state index in [1.807, 2.05) is 24.3 Å². The van der Waals surface area contributed by atoms with Gasteiger partial charge in [-0.1, -0.05) is 204 Å². The molecule has 0 saturated heterocycles. The van der Waals surface area contributed by atoms with Gasteiger partial charge in [-0.15, -0.1) is 24.8 Å². The van der Waals surface area contributed by atoms with E-state index >= 15 is 0 Å². The number of guanidine groups is 1. The molecular formula is C52H89Cl2N5O5. The molecule has 366 valence electrons. The molecule has 0 saturated carbocycles. The number of amides is 2. The first-order valence-corrected chi connectivity index (χ1v) is 25.1. The summed E-state index contributed by atoms with van der Waals surface area (Å²) in [6, 6.07) is 15.6. The Kier molecular flexibility index (Phi) is 36.1. The highest BCUT2D eigenvalue weighted by molar-refractivity contribution is 5.86. The third-order valence-electron chi connectivity index (χ3n) is 12.2. The number of carbonyl (C=O) groups excluding carboxylic acids is 2. The van der Waals surface area contributed by atoms with Crippen molar-refractivity contribution < 1.29 is 23.8 Å². The smallest absolute Gasteiger partial charge is 0.407 e. The van der Waals surface area contributed by atoms with Gasteiger partial charge in [0.05, 0.1) is 12.7 Å². The Morgan fingerprint density at radius 2 is 1.08 bits per heavy atom. The summed E-state index contributed by atoms with van der Waals surface area (Å²) in [7, 11) is 0. The van der Waals surface area contributed by atoms with Crippen LogP contribution in [0.5, 0.6) is 0 Å². The molecule has 0 spiro atoms. The molecule has 0 aromatic heterocycles. The molecule has 6 N–H and O–H groups in total. The Morgan fingerprint density at radius 1 is 0.625 bits per heavy atom. The van der Waals surface area contributed by atoms with Crippen molar-refractivity contribution in [1.29, 1.82) is 0 Å². The molecule has 0 bridgehead atoms. The number of benzene rings is 2. The van der Waals surface area contributed by atoms with Crippen LogP contribution in [0.25, 0.3) is 11.1 Å². The number of alkyl carbamates (subject to hydrolysis) is 1. The van der Waals surface area contributed by atoms with Gasteiger partial charge in [0.1, 0.15) is 12.6 Å². The van der Waals surface area contributed by atoms with E-state index in [9.17, 15) is 9.59 Å². The molecule has 1 unspecified atom stereocenters. The Hall–Kier alpha value is -3.05. The maximum Gasteiger partial charge on any atom is 0.407 e. The molecular weight excluding hydrogens is 846 g/mol. The van der Waals surface area contributed by atoms with E-state index < -0.39 is 12.1 Å². The van der Waals surface area contributed by atoms with Crippen LogP contribution in [0.3, 0.4) is 0 Å². The average Bonchev–Trinajstić information content (AvgIpc) is 3.60. The first-order chi connectivity index (χ1) is 30.4. The van der Waals surface area contributed by atoms with Gasteiger partial charge in [0.25, 0.3) is 0 Å². The molecule has 10 nitrogen and oxygen atoms in total. The number of rotatable bonds is 39. The zero-order chi connectivity index (χ0) is 44.3. The van der Waals surface area contributed by atoms with Crippen LogP contribution in [0, 0.1) is 0 Å². The highest BCUT2D eigenvalue weighted by atomic mass is 35.5. The summed E-state index contributed by atoms with van der Waals surface area (Å²) in [5, 5.41) is 5.90. The number of unbranched alkanes of at least 4 members (excludes halogenated alkanes) is 22. The van der Waals surface area contributed by atoms with E-state index in [1.165, 1.54) is 135 Å². The predicted molar refractivity (Wildman–Crippen MR) is 272 cm³/mol.